The predicted molar refractivity (Wildman–Crippen MR) is 119 cm³/mol. The fourth-order valence-corrected chi connectivity index (χ4v) is 2.68. The molecule has 0 aliphatic heterocycles. The first-order valence-electron chi connectivity index (χ1n) is 9.81. The van der Waals surface area contributed by atoms with Gasteiger partial charge in [-0.05, 0) is 55.4 Å². The van der Waals surface area contributed by atoms with Crippen LogP contribution in [0.2, 0.25) is 0 Å². The van der Waals surface area contributed by atoms with Gasteiger partial charge in [0, 0.05) is 0 Å². The Morgan fingerprint density at radius 1 is 1.00 bits per heavy atom. The minimum atomic E-state index is -0.437. The van der Waals surface area contributed by atoms with Gasteiger partial charge in [0.2, 0.25) is 0 Å². The summed E-state index contributed by atoms with van der Waals surface area (Å²) in [5.74, 6) is 0.220. The number of ether oxygens (including phenoxy) is 2. The second-order valence-electron chi connectivity index (χ2n) is 6.61. The molecule has 0 aliphatic carbocycles. The smallest absolute Gasteiger partial charge is 0.276 e. The van der Waals surface area contributed by atoms with Gasteiger partial charge in [-0.1, -0.05) is 44.0 Å². The van der Waals surface area contributed by atoms with Crippen LogP contribution in [0.25, 0.3) is 0 Å². The van der Waals surface area contributed by atoms with E-state index < -0.39 is 11.8 Å². The summed E-state index contributed by atoms with van der Waals surface area (Å²) in [7, 11) is 0. The Morgan fingerprint density at radius 3 is 2.57 bits per heavy atom. The quantitative estimate of drug-likeness (QED) is 0.322. The van der Waals surface area contributed by atoms with Crippen molar-refractivity contribution in [2.75, 3.05) is 13.2 Å². The topological polar surface area (TPSA) is 88.7 Å². The number of unbranched alkanes of at least 4 members (excludes halogenated alkanes) is 2. The average Bonchev–Trinajstić information content (AvgIpc) is 2.74. The number of para-hydroxylation sites is 1. The van der Waals surface area contributed by atoms with Crippen LogP contribution in [0, 0.1) is 6.92 Å². The van der Waals surface area contributed by atoms with E-state index in [9.17, 15) is 9.59 Å². The summed E-state index contributed by atoms with van der Waals surface area (Å²) in [6, 6.07) is 14.3. The lowest BCUT2D eigenvalue weighted by atomic mass is 10.2. The Morgan fingerprint density at radius 2 is 1.80 bits per heavy atom. The van der Waals surface area contributed by atoms with Gasteiger partial charge in [0.15, 0.2) is 11.7 Å². The van der Waals surface area contributed by atoms with Crippen LogP contribution in [0.3, 0.4) is 0 Å². The number of hydrogen-bond acceptors (Lipinski definition) is 5. The molecule has 0 spiro atoms. The molecule has 0 atom stereocenters. The Balaban J connectivity index is 1.77. The van der Waals surface area contributed by atoms with Crippen LogP contribution in [-0.4, -0.2) is 30.1 Å². The minimum absolute atomic E-state index is 0.0373. The van der Waals surface area contributed by atoms with Crippen LogP contribution >= 0.6 is 12.2 Å². The molecule has 2 rings (SSSR count). The number of aryl methyl sites for hydroxylation is 1. The van der Waals surface area contributed by atoms with Gasteiger partial charge in [-0.25, -0.2) is 0 Å². The zero-order chi connectivity index (χ0) is 21.8. The molecule has 0 fully saturated rings. The fraction of sp³-hybridized carbons (Fsp3) is 0.318. The minimum Gasteiger partial charge on any atom is -0.493 e. The first-order chi connectivity index (χ1) is 14.5. The molecule has 30 heavy (non-hydrogen) atoms. The van der Waals surface area contributed by atoms with Gasteiger partial charge in [-0.3, -0.25) is 25.8 Å². The van der Waals surface area contributed by atoms with E-state index in [0.717, 1.165) is 24.8 Å². The Bertz CT molecular complexity index is 873. The highest BCUT2D eigenvalue weighted by atomic mass is 32.1. The van der Waals surface area contributed by atoms with Crippen LogP contribution in [-0.2, 0) is 4.79 Å². The number of rotatable bonds is 9. The van der Waals surface area contributed by atoms with Gasteiger partial charge >= 0.3 is 0 Å². The molecule has 0 aromatic heterocycles. The molecule has 2 aromatic carbocycles. The lowest BCUT2D eigenvalue weighted by Crippen LogP contribution is -2.49. The lowest BCUT2D eigenvalue weighted by molar-refractivity contribution is -0.123. The highest BCUT2D eigenvalue weighted by Crippen LogP contribution is 2.18. The monoisotopic (exact) mass is 429 g/mol. The number of carbonyl (C=O) groups is 2. The SMILES string of the molecule is CCCCCOc1ccccc1C(=O)NC(=S)NNC(=O)COc1cccc(C)c1. The van der Waals surface area contributed by atoms with Gasteiger partial charge in [-0.2, -0.15) is 0 Å². The number of benzene rings is 2. The molecule has 0 unspecified atom stereocenters. The lowest BCUT2D eigenvalue weighted by Gasteiger charge is -2.13. The summed E-state index contributed by atoms with van der Waals surface area (Å²) in [6.07, 6.45) is 3.08. The zero-order valence-corrected chi connectivity index (χ0v) is 18.0. The molecule has 0 bridgehead atoms. The van der Waals surface area contributed by atoms with Crippen molar-refractivity contribution < 1.29 is 19.1 Å². The number of thiocarbonyl (C=S) groups is 1. The number of amides is 2. The van der Waals surface area contributed by atoms with Crippen molar-refractivity contribution >= 4 is 29.1 Å². The maximum Gasteiger partial charge on any atom is 0.276 e. The molecule has 0 saturated heterocycles. The van der Waals surface area contributed by atoms with Crippen LogP contribution in [0.15, 0.2) is 48.5 Å². The Labute approximate surface area is 182 Å². The van der Waals surface area contributed by atoms with E-state index >= 15 is 0 Å². The van der Waals surface area contributed by atoms with E-state index in [4.69, 9.17) is 21.7 Å². The third kappa shape index (κ3) is 8.08. The molecule has 8 heteroatoms. The molecule has 0 radical (unpaired) electrons. The van der Waals surface area contributed by atoms with Crippen molar-refractivity contribution in [1.82, 2.24) is 16.2 Å². The molecule has 7 nitrogen and oxygen atoms in total. The number of hydrazine groups is 1. The average molecular weight is 430 g/mol. The van der Waals surface area contributed by atoms with Crippen molar-refractivity contribution in [2.24, 2.45) is 0 Å². The highest BCUT2D eigenvalue weighted by molar-refractivity contribution is 7.80. The van der Waals surface area contributed by atoms with Crippen molar-refractivity contribution in [1.29, 1.82) is 0 Å². The predicted octanol–water partition coefficient (Wildman–Crippen LogP) is 3.28. The van der Waals surface area contributed by atoms with Crippen LogP contribution in [0.4, 0.5) is 0 Å². The molecule has 0 heterocycles. The summed E-state index contributed by atoms with van der Waals surface area (Å²) in [6.45, 7) is 4.39. The molecular weight excluding hydrogens is 402 g/mol. The molecule has 2 amide bonds. The molecule has 3 N–H and O–H groups in total. The van der Waals surface area contributed by atoms with Crippen LogP contribution < -0.4 is 25.6 Å². The summed E-state index contributed by atoms with van der Waals surface area (Å²) >= 11 is 5.07. The normalized spacial score (nSPS) is 10.1. The van der Waals surface area contributed by atoms with Crippen molar-refractivity contribution in [2.45, 2.75) is 33.1 Å². The fourth-order valence-electron chi connectivity index (χ4n) is 2.53. The standard InChI is InChI=1S/C22H27N3O4S/c1-3-4-7-13-28-19-12-6-5-11-18(19)21(27)23-22(30)25-24-20(26)15-29-17-10-8-9-16(2)14-17/h5-6,8-12,14H,3-4,7,13,15H2,1-2H3,(H,24,26)(H2,23,25,27,30). The Hall–Kier alpha value is -3.13. The third-order valence-electron chi connectivity index (χ3n) is 4.04. The largest absolute Gasteiger partial charge is 0.493 e. The van der Waals surface area contributed by atoms with Crippen molar-refractivity contribution in [3.8, 4) is 11.5 Å². The maximum atomic E-state index is 12.5. The summed E-state index contributed by atoms with van der Waals surface area (Å²) in [5.41, 5.74) is 6.28. The molecule has 160 valence electrons. The number of hydrogen-bond donors (Lipinski definition) is 3. The van der Waals surface area contributed by atoms with E-state index in [2.05, 4.69) is 23.1 Å². The second kappa shape index (κ2) is 12.4. The van der Waals surface area contributed by atoms with Gasteiger partial charge in [0.1, 0.15) is 11.5 Å². The van der Waals surface area contributed by atoms with Gasteiger partial charge in [0.05, 0.1) is 12.2 Å². The summed E-state index contributed by atoms with van der Waals surface area (Å²) in [5, 5.41) is 2.48. The highest BCUT2D eigenvalue weighted by Gasteiger charge is 2.14. The number of nitrogens with one attached hydrogen (secondary N) is 3. The molecule has 0 saturated carbocycles. The Kier molecular flexibility index (Phi) is 9.60. The summed E-state index contributed by atoms with van der Waals surface area (Å²) in [4.78, 5) is 24.4. The summed E-state index contributed by atoms with van der Waals surface area (Å²) < 4.78 is 11.1. The van der Waals surface area contributed by atoms with Crippen molar-refractivity contribution in [3.63, 3.8) is 0 Å². The van der Waals surface area contributed by atoms with Crippen molar-refractivity contribution in [3.05, 3.63) is 59.7 Å². The number of carbonyl (C=O) groups excluding carboxylic acids is 2. The third-order valence-corrected chi connectivity index (χ3v) is 4.24. The van der Waals surface area contributed by atoms with Gasteiger partial charge in [-0.15, -0.1) is 0 Å². The second-order valence-corrected chi connectivity index (χ2v) is 7.02. The van der Waals surface area contributed by atoms with Crippen LogP contribution in [0.5, 0.6) is 11.5 Å². The van der Waals surface area contributed by atoms with Crippen LogP contribution in [0.1, 0.15) is 42.1 Å². The molecule has 2 aromatic rings. The first-order valence-corrected chi connectivity index (χ1v) is 10.2. The van der Waals surface area contributed by atoms with Gasteiger partial charge < -0.3 is 9.47 Å². The van der Waals surface area contributed by atoms with E-state index in [0.29, 0.717) is 23.7 Å². The molecule has 0 aliphatic rings. The maximum absolute atomic E-state index is 12.5. The first kappa shape index (κ1) is 23.2. The van der Waals surface area contributed by atoms with Gasteiger partial charge in [0.25, 0.3) is 11.8 Å². The van der Waals surface area contributed by atoms with E-state index in [1.54, 1.807) is 30.3 Å². The van der Waals surface area contributed by atoms with E-state index in [1.165, 1.54) is 0 Å². The molecular formula is C22H27N3O4S. The van der Waals surface area contributed by atoms with E-state index in [-0.39, 0.29) is 11.7 Å². The van der Waals surface area contributed by atoms with E-state index in [1.807, 2.05) is 25.1 Å². The zero-order valence-electron chi connectivity index (χ0n) is 17.2.